The average molecular weight is 332 g/mol. The van der Waals surface area contributed by atoms with Gasteiger partial charge in [-0.25, -0.2) is 4.98 Å². The summed E-state index contributed by atoms with van der Waals surface area (Å²) in [5, 5.41) is 9.81. The number of anilines is 1. The fourth-order valence-corrected chi connectivity index (χ4v) is 3.08. The van der Waals surface area contributed by atoms with Gasteiger partial charge in [0.15, 0.2) is 11.6 Å². The highest BCUT2D eigenvalue weighted by atomic mass is 16.1. The fraction of sp³-hybridized carbons (Fsp3) is 0.158. The van der Waals surface area contributed by atoms with Crippen LogP contribution in [-0.2, 0) is 6.42 Å². The molecule has 1 aromatic heterocycles. The first-order valence-electron chi connectivity index (χ1n) is 8.08. The van der Waals surface area contributed by atoms with Crippen molar-refractivity contribution in [3.8, 4) is 11.4 Å². The lowest BCUT2D eigenvalue weighted by Crippen LogP contribution is -2.14. The quantitative estimate of drug-likeness (QED) is 0.771. The predicted octanol–water partition coefficient (Wildman–Crippen LogP) is 3.16. The van der Waals surface area contributed by atoms with Gasteiger partial charge < -0.3 is 5.32 Å². The highest BCUT2D eigenvalue weighted by Crippen LogP contribution is 2.26. The van der Waals surface area contributed by atoms with E-state index in [-0.39, 0.29) is 11.7 Å². The number of hydrogen-bond acceptors (Lipinski definition) is 4. The van der Waals surface area contributed by atoms with Crippen molar-refractivity contribution in [1.29, 1.82) is 0 Å². The standard InChI is InChI=1S/C19H16N4O2/c1-11-20-18(23-22-11)12-5-7-13(8-6-12)21-19(25)16-4-2-3-15-14(16)9-10-17(15)24/h2-8H,9-10H2,1H3,(H,21,25)(H,20,22,23). The Hall–Kier alpha value is -3.28. The van der Waals surface area contributed by atoms with Crippen LogP contribution in [0.2, 0.25) is 0 Å². The molecule has 1 aliphatic rings. The molecule has 0 bridgehead atoms. The first-order valence-corrected chi connectivity index (χ1v) is 8.08. The Balaban J connectivity index is 1.55. The summed E-state index contributed by atoms with van der Waals surface area (Å²) in [7, 11) is 0. The number of carbonyl (C=O) groups excluding carboxylic acids is 2. The third-order valence-electron chi connectivity index (χ3n) is 4.32. The summed E-state index contributed by atoms with van der Waals surface area (Å²) in [6.07, 6.45) is 1.10. The highest BCUT2D eigenvalue weighted by Gasteiger charge is 2.24. The molecule has 0 spiro atoms. The Kier molecular flexibility index (Phi) is 3.65. The molecule has 0 saturated carbocycles. The summed E-state index contributed by atoms with van der Waals surface area (Å²) in [6.45, 7) is 1.84. The van der Waals surface area contributed by atoms with Crippen molar-refractivity contribution < 1.29 is 9.59 Å². The van der Waals surface area contributed by atoms with Crippen molar-refractivity contribution in [1.82, 2.24) is 15.2 Å². The number of H-pyrrole nitrogens is 1. The maximum Gasteiger partial charge on any atom is 0.255 e. The molecule has 25 heavy (non-hydrogen) atoms. The first kappa shape index (κ1) is 15.3. The number of hydrogen-bond donors (Lipinski definition) is 2. The largest absolute Gasteiger partial charge is 0.322 e. The molecule has 0 saturated heterocycles. The van der Waals surface area contributed by atoms with E-state index >= 15 is 0 Å². The molecular formula is C19H16N4O2. The molecule has 0 radical (unpaired) electrons. The summed E-state index contributed by atoms with van der Waals surface area (Å²) in [6, 6.07) is 12.6. The van der Waals surface area contributed by atoms with Crippen molar-refractivity contribution in [3.05, 3.63) is 65.0 Å². The van der Waals surface area contributed by atoms with Crippen LogP contribution in [0.4, 0.5) is 5.69 Å². The van der Waals surface area contributed by atoms with Crippen LogP contribution in [0.25, 0.3) is 11.4 Å². The normalized spacial score (nSPS) is 12.9. The van der Waals surface area contributed by atoms with Gasteiger partial charge in [0.1, 0.15) is 5.82 Å². The molecule has 0 atom stereocenters. The Bertz CT molecular complexity index is 973. The smallest absolute Gasteiger partial charge is 0.255 e. The van der Waals surface area contributed by atoms with Crippen LogP contribution in [0.15, 0.2) is 42.5 Å². The molecule has 1 heterocycles. The van der Waals surface area contributed by atoms with E-state index < -0.39 is 0 Å². The minimum atomic E-state index is -0.201. The minimum absolute atomic E-state index is 0.107. The summed E-state index contributed by atoms with van der Waals surface area (Å²) < 4.78 is 0. The fourth-order valence-electron chi connectivity index (χ4n) is 3.08. The molecule has 4 rings (SSSR count). The first-order chi connectivity index (χ1) is 12.1. The number of aromatic nitrogens is 3. The molecule has 3 aromatic rings. The topological polar surface area (TPSA) is 87.7 Å². The maximum absolute atomic E-state index is 12.6. The summed E-state index contributed by atoms with van der Waals surface area (Å²) in [5.41, 5.74) is 3.63. The van der Waals surface area contributed by atoms with Gasteiger partial charge in [-0.2, -0.15) is 5.10 Å². The van der Waals surface area contributed by atoms with E-state index in [9.17, 15) is 9.59 Å². The molecule has 1 amide bonds. The number of carbonyl (C=O) groups is 2. The average Bonchev–Trinajstić information content (AvgIpc) is 3.22. The van der Waals surface area contributed by atoms with Gasteiger partial charge >= 0.3 is 0 Å². The molecule has 0 fully saturated rings. The van der Waals surface area contributed by atoms with Crippen molar-refractivity contribution in [2.24, 2.45) is 0 Å². The summed E-state index contributed by atoms with van der Waals surface area (Å²) in [5.74, 6) is 1.28. The lowest BCUT2D eigenvalue weighted by molar-refractivity contribution is 0.0993. The second-order valence-corrected chi connectivity index (χ2v) is 6.03. The third-order valence-corrected chi connectivity index (χ3v) is 4.32. The Morgan fingerprint density at radius 1 is 1.12 bits per heavy atom. The van der Waals surface area contributed by atoms with E-state index in [2.05, 4.69) is 20.5 Å². The molecule has 1 aliphatic carbocycles. The van der Waals surface area contributed by atoms with Crippen LogP contribution in [0, 0.1) is 6.92 Å². The van der Waals surface area contributed by atoms with E-state index in [4.69, 9.17) is 0 Å². The van der Waals surface area contributed by atoms with E-state index in [1.807, 2.05) is 31.2 Å². The molecule has 6 nitrogen and oxygen atoms in total. The zero-order chi connectivity index (χ0) is 17.4. The van der Waals surface area contributed by atoms with Gasteiger partial charge in [0.05, 0.1) is 0 Å². The van der Waals surface area contributed by atoms with Gasteiger partial charge in [0, 0.05) is 28.8 Å². The number of nitrogens with zero attached hydrogens (tertiary/aromatic N) is 2. The van der Waals surface area contributed by atoms with Crippen LogP contribution in [0.5, 0.6) is 0 Å². The molecule has 6 heteroatoms. The van der Waals surface area contributed by atoms with E-state index in [0.717, 1.165) is 17.0 Å². The van der Waals surface area contributed by atoms with Crippen LogP contribution in [0.1, 0.15) is 38.5 Å². The van der Waals surface area contributed by atoms with Gasteiger partial charge in [-0.1, -0.05) is 12.1 Å². The molecular weight excluding hydrogens is 316 g/mol. The minimum Gasteiger partial charge on any atom is -0.322 e. The van der Waals surface area contributed by atoms with Crippen molar-refractivity contribution in [2.45, 2.75) is 19.8 Å². The van der Waals surface area contributed by atoms with Gasteiger partial charge in [-0.3, -0.25) is 14.7 Å². The monoisotopic (exact) mass is 332 g/mol. The molecule has 124 valence electrons. The van der Waals surface area contributed by atoms with Crippen LogP contribution in [-0.4, -0.2) is 26.9 Å². The second-order valence-electron chi connectivity index (χ2n) is 6.03. The molecule has 0 unspecified atom stereocenters. The zero-order valence-corrected chi connectivity index (χ0v) is 13.7. The highest BCUT2D eigenvalue weighted by molar-refractivity contribution is 6.09. The third kappa shape index (κ3) is 2.82. The number of benzene rings is 2. The SMILES string of the molecule is Cc1nc(-c2ccc(NC(=O)c3cccc4c3CCC4=O)cc2)n[nH]1. The van der Waals surface area contributed by atoms with Gasteiger partial charge in [0.2, 0.25) is 0 Å². The Labute approximate surface area is 144 Å². The predicted molar refractivity (Wildman–Crippen MR) is 93.6 cm³/mol. The lowest BCUT2D eigenvalue weighted by atomic mass is 10.0. The van der Waals surface area contributed by atoms with Crippen molar-refractivity contribution >= 4 is 17.4 Å². The van der Waals surface area contributed by atoms with Crippen LogP contribution in [0.3, 0.4) is 0 Å². The summed E-state index contributed by atoms with van der Waals surface area (Å²) >= 11 is 0. The van der Waals surface area contributed by atoms with Crippen LogP contribution < -0.4 is 5.32 Å². The number of amides is 1. The zero-order valence-electron chi connectivity index (χ0n) is 13.7. The number of nitrogens with one attached hydrogen (secondary N) is 2. The van der Waals surface area contributed by atoms with E-state index in [0.29, 0.717) is 35.5 Å². The van der Waals surface area contributed by atoms with Crippen molar-refractivity contribution in [3.63, 3.8) is 0 Å². The van der Waals surface area contributed by atoms with Gasteiger partial charge in [-0.05, 0) is 49.2 Å². The lowest BCUT2D eigenvalue weighted by Gasteiger charge is -2.09. The molecule has 2 N–H and O–H groups in total. The van der Waals surface area contributed by atoms with Crippen LogP contribution >= 0.6 is 0 Å². The van der Waals surface area contributed by atoms with Gasteiger partial charge in [-0.15, -0.1) is 0 Å². The molecule has 2 aromatic carbocycles. The van der Waals surface area contributed by atoms with E-state index in [1.54, 1.807) is 18.2 Å². The number of aryl methyl sites for hydroxylation is 1. The molecule has 0 aliphatic heterocycles. The van der Waals surface area contributed by atoms with Gasteiger partial charge in [0.25, 0.3) is 5.91 Å². The number of fused-ring (bicyclic) bond motifs is 1. The number of rotatable bonds is 3. The summed E-state index contributed by atoms with van der Waals surface area (Å²) in [4.78, 5) is 28.7. The maximum atomic E-state index is 12.6. The number of aromatic amines is 1. The van der Waals surface area contributed by atoms with E-state index in [1.165, 1.54) is 0 Å². The van der Waals surface area contributed by atoms with Crippen molar-refractivity contribution in [2.75, 3.05) is 5.32 Å². The number of Topliss-reactive ketones (excluding diaryl/α,β-unsaturated/α-hetero) is 1. The number of ketones is 1. The second kappa shape index (κ2) is 5.98. The Morgan fingerprint density at radius 3 is 2.64 bits per heavy atom. The Morgan fingerprint density at radius 2 is 1.92 bits per heavy atom.